The Bertz CT molecular complexity index is 1240. The lowest BCUT2D eigenvalue weighted by molar-refractivity contribution is 0.555. The van der Waals surface area contributed by atoms with Crippen LogP contribution in [0, 0.1) is 26.7 Å². The van der Waals surface area contributed by atoms with Gasteiger partial charge in [-0.15, -0.1) is 0 Å². The molecule has 1 rings (SSSR count). The van der Waals surface area contributed by atoms with E-state index in [-0.39, 0.29) is 0 Å². The summed E-state index contributed by atoms with van der Waals surface area (Å²) in [4.78, 5) is 0. The first-order valence-corrected chi connectivity index (χ1v) is 14.8. The molecular formula is C40H54. The van der Waals surface area contributed by atoms with Gasteiger partial charge in [-0.2, -0.15) is 0 Å². The second-order valence-electron chi connectivity index (χ2n) is 11.5. The summed E-state index contributed by atoms with van der Waals surface area (Å²) in [5, 5.41) is 0. The number of hydrogen-bond acceptors (Lipinski definition) is 0. The summed E-state index contributed by atoms with van der Waals surface area (Å²) in [6.45, 7) is 21.9. The molecule has 214 valence electrons. The van der Waals surface area contributed by atoms with E-state index in [1.807, 2.05) is 0 Å². The summed E-state index contributed by atoms with van der Waals surface area (Å²) < 4.78 is 0. The quantitative estimate of drug-likeness (QED) is 0.208. The minimum Gasteiger partial charge on any atom is -0.0733 e. The Labute approximate surface area is 247 Å². The van der Waals surface area contributed by atoms with E-state index in [1.54, 1.807) is 0 Å². The minimum atomic E-state index is 0.792. The number of rotatable bonds is 14. The summed E-state index contributed by atoms with van der Waals surface area (Å²) in [5.74, 6) is 0.792. The summed E-state index contributed by atoms with van der Waals surface area (Å²) in [7, 11) is 0. The zero-order valence-electron chi connectivity index (χ0n) is 27.0. The molecule has 0 fully saturated rings. The van der Waals surface area contributed by atoms with Crippen LogP contribution in [0.15, 0.2) is 125 Å². The Morgan fingerprint density at radius 3 is 1.57 bits per heavy atom. The molecule has 0 amide bonds. The van der Waals surface area contributed by atoms with Gasteiger partial charge in [-0.3, -0.25) is 0 Å². The molecule has 0 saturated carbocycles. The van der Waals surface area contributed by atoms with Crippen LogP contribution in [-0.4, -0.2) is 0 Å². The second kappa shape index (κ2) is 19.6. The van der Waals surface area contributed by atoms with Crippen molar-refractivity contribution < 1.29 is 0 Å². The van der Waals surface area contributed by atoms with Crippen molar-refractivity contribution in [3.05, 3.63) is 147 Å². The van der Waals surface area contributed by atoms with E-state index in [0.29, 0.717) is 0 Å². The fraction of sp³-hybridized carbons (Fsp3) is 0.350. The Morgan fingerprint density at radius 2 is 1.05 bits per heavy atom. The van der Waals surface area contributed by atoms with E-state index in [4.69, 9.17) is 0 Å². The lowest BCUT2D eigenvalue weighted by Crippen LogP contribution is -1.89. The maximum Gasteiger partial charge on any atom is -0.0195 e. The molecule has 0 nitrogen and oxygen atoms in total. The molecule has 0 aromatic heterocycles. The molecule has 0 N–H and O–H groups in total. The van der Waals surface area contributed by atoms with Crippen molar-refractivity contribution in [3.8, 4) is 0 Å². The van der Waals surface area contributed by atoms with Gasteiger partial charge in [-0.25, -0.2) is 0 Å². The van der Waals surface area contributed by atoms with Crippen LogP contribution in [0.3, 0.4) is 0 Å². The average molecular weight is 535 g/mol. The number of allylic oxidation sites excluding steroid dienone is 19. The molecule has 0 bridgehead atoms. The zero-order chi connectivity index (χ0) is 29.9. The van der Waals surface area contributed by atoms with Crippen LogP contribution in [0.25, 0.3) is 6.08 Å². The molecule has 0 aliphatic carbocycles. The fourth-order valence-electron chi connectivity index (χ4n) is 4.02. The van der Waals surface area contributed by atoms with Crippen molar-refractivity contribution in [1.82, 2.24) is 0 Å². The highest BCUT2D eigenvalue weighted by atomic mass is 14.1. The monoisotopic (exact) mass is 534 g/mol. The summed E-state index contributed by atoms with van der Waals surface area (Å²) in [5.41, 5.74) is 11.7. The van der Waals surface area contributed by atoms with Crippen LogP contribution in [0.2, 0.25) is 0 Å². The van der Waals surface area contributed by atoms with Crippen LogP contribution in [0.5, 0.6) is 0 Å². The van der Waals surface area contributed by atoms with Crippen LogP contribution < -0.4 is 0 Å². The van der Waals surface area contributed by atoms with E-state index < -0.39 is 0 Å². The predicted octanol–water partition coefficient (Wildman–Crippen LogP) is 12.4. The zero-order valence-corrected chi connectivity index (χ0v) is 27.0. The number of aryl methyl sites for hydroxylation is 2. The van der Waals surface area contributed by atoms with E-state index >= 15 is 0 Å². The number of hydrogen-bond donors (Lipinski definition) is 0. The van der Waals surface area contributed by atoms with Crippen LogP contribution in [-0.2, 0) is 0 Å². The highest BCUT2D eigenvalue weighted by molar-refractivity contribution is 5.61. The maximum absolute atomic E-state index is 2.29. The van der Waals surface area contributed by atoms with Gasteiger partial charge in [0.2, 0.25) is 0 Å². The highest BCUT2D eigenvalue weighted by Crippen LogP contribution is 2.20. The van der Waals surface area contributed by atoms with Crippen LogP contribution in [0.4, 0.5) is 0 Å². The van der Waals surface area contributed by atoms with Crippen LogP contribution in [0.1, 0.15) is 90.0 Å². The van der Waals surface area contributed by atoms with Gasteiger partial charge in [0, 0.05) is 0 Å². The lowest BCUT2D eigenvalue weighted by Gasteiger charge is -2.08. The van der Waals surface area contributed by atoms with Crippen molar-refractivity contribution in [1.29, 1.82) is 0 Å². The highest BCUT2D eigenvalue weighted by Gasteiger charge is 2.01. The average Bonchev–Trinajstić information content (AvgIpc) is 2.88. The molecule has 0 aliphatic rings. The third-order valence-electron chi connectivity index (χ3n) is 6.87. The van der Waals surface area contributed by atoms with Gasteiger partial charge in [0.1, 0.15) is 0 Å². The van der Waals surface area contributed by atoms with Crippen LogP contribution >= 0.6 is 0 Å². The third kappa shape index (κ3) is 15.9. The summed E-state index contributed by atoms with van der Waals surface area (Å²) in [6.07, 6.45) is 36.1. The smallest absolute Gasteiger partial charge is 0.0195 e. The molecule has 1 aromatic carbocycles. The van der Waals surface area contributed by atoms with Gasteiger partial charge in [0.25, 0.3) is 0 Å². The molecule has 40 heavy (non-hydrogen) atoms. The molecule has 0 atom stereocenters. The van der Waals surface area contributed by atoms with Crippen molar-refractivity contribution in [2.45, 2.75) is 88.5 Å². The lowest BCUT2D eigenvalue weighted by atomic mass is 9.97. The maximum atomic E-state index is 2.29. The second-order valence-corrected chi connectivity index (χ2v) is 11.5. The van der Waals surface area contributed by atoms with Gasteiger partial charge in [-0.05, 0) is 96.4 Å². The first kappa shape index (κ1) is 34.6. The molecule has 0 aliphatic heterocycles. The molecule has 0 saturated heterocycles. The fourth-order valence-corrected chi connectivity index (χ4v) is 4.02. The molecule has 0 unspecified atom stereocenters. The SMILES string of the molecule is CC(C=CC=C(C)C=CC=C(C)CCCC(C)C)=CC=CC=C(C)C=CC=C(C)C=Cc1c(C)ccc(C)c1C. The van der Waals surface area contributed by atoms with E-state index in [2.05, 4.69) is 173 Å². The predicted molar refractivity (Wildman–Crippen MR) is 184 cm³/mol. The molecule has 1 aromatic rings. The molecule has 0 heteroatoms. The Morgan fingerprint density at radius 1 is 0.600 bits per heavy atom. The molecule has 0 radical (unpaired) electrons. The third-order valence-corrected chi connectivity index (χ3v) is 6.87. The topological polar surface area (TPSA) is 0 Å². The standard InChI is InChI=1S/C40H54/c1-31(2)17-13-20-34(5)23-15-25-35(6)24-14-21-32(3)18-11-12-19-33(4)22-16-26-36(7)27-30-40-38(9)29-28-37(8)39(40)10/h11-12,14-16,18-19,21-31H,13,17,20H2,1-10H3. The van der Waals surface area contributed by atoms with Gasteiger partial charge in [0.05, 0.1) is 0 Å². The van der Waals surface area contributed by atoms with Crippen molar-refractivity contribution in [2.75, 3.05) is 0 Å². The summed E-state index contributed by atoms with van der Waals surface area (Å²) >= 11 is 0. The first-order chi connectivity index (χ1) is 19.0. The normalized spacial score (nSPS) is 15.0. The van der Waals surface area contributed by atoms with Gasteiger partial charge >= 0.3 is 0 Å². The van der Waals surface area contributed by atoms with Crippen molar-refractivity contribution in [3.63, 3.8) is 0 Å². The summed E-state index contributed by atoms with van der Waals surface area (Å²) in [6, 6.07) is 4.39. The van der Waals surface area contributed by atoms with Crippen molar-refractivity contribution in [2.24, 2.45) is 5.92 Å². The van der Waals surface area contributed by atoms with E-state index in [1.165, 1.54) is 69.4 Å². The molecule has 0 heterocycles. The first-order valence-electron chi connectivity index (χ1n) is 14.8. The minimum absolute atomic E-state index is 0.792. The van der Waals surface area contributed by atoms with E-state index in [9.17, 15) is 0 Å². The Hall–Kier alpha value is -3.38. The largest absolute Gasteiger partial charge is 0.0733 e. The van der Waals surface area contributed by atoms with Gasteiger partial charge in [-0.1, -0.05) is 151 Å². The van der Waals surface area contributed by atoms with Gasteiger partial charge in [0.15, 0.2) is 0 Å². The molecule has 0 spiro atoms. The van der Waals surface area contributed by atoms with E-state index in [0.717, 1.165) is 5.92 Å². The molecular weight excluding hydrogens is 480 g/mol. The Kier molecular flexibility index (Phi) is 17.0. The van der Waals surface area contributed by atoms with Gasteiger partial charge < -0.3 is 0 Å². The van der Waals surface area contributed by atoms with Crippen molar-refractivity contribution >= 4 is 6.08 Å². The number of benzene rings is 1. The Balaban J connectivity index is 2.58.